The lowest BCUT2D eigenvalue weighted by Crippen LogP contribution is -2.38. The molecular formula is C24H24N2O5S. The molecule has 0 fully saturated rings. The number of aryl methyl sites for hydroxylation is 2. The highest BCUT2D eigenvalue weighted by Gasteiger charge is 2.29. The monoisotopic (exact) mass is 452 g/mol. The van der Waals surface area contributed by atoms with Crippen molar-refractivity contribution in [2.24, 2.45) is 0 Å². The number of rotatable bonds is 6. The van der Waals surface area contributed by atoms with Crippen molar-refractivity contribution in [3.8, 4) is 11.5 Å². The first kappa shape index (κ1) is 21.7. The van der Waals surface area contributed by atoms with Crippen molar-refractivity contribution in [3.63, 3.8) is 0 Å². The van der Waals surface area contributed by atoms with E-state index in [1.807, 2.05) is 38.1 Å². The Morgan fingerprint density at radius 2 is 1.69 bits per heavy atom. The highest BCUT2D eigenvalue weighted by molar-refractivity contribution is 7.92. The predicted molar refractivity (Wildman–Crippen MR) is 123 cm³/mol. The third-order valence-electron chi connectivity index (χ3n) is 5.10. The van der Waals surface area contributed by atoms with Gasteiger partial charge in [-0.15, -0.1) is 0 Å². The zero-order valence-electron chi connectivity index (χ0n) is 17.9. The van der Waals surface area contributed by atoms with Crippen LogP contribution in [0.2, 0.25) is 0 Å². The zero-order valence-corrected chi connectivity index (χ0v) is 18.7. The van der Waals surface area contributed by atoms with Crippen LogP contribution in [0.1, 0.15) is 11.1 Å². The fourth-order valence-electron chi connectivity index (χ4n) is 3.44. The number of carbonyl (C=O) groups is 1. The van der Waals surface area contributed by atoms with E-state index in [0.717, 1.165) is 15.4 Å². The second-order valence-electron chi connectivity index (χ2n) is 7.52. The Labute approximate surface area is 187 Å². The molecule has 0 saturated carbocycles. The van der Waals surface area contributed by atoms with Crippen molar-refractivity contribution in [3.05, 3.63) is 77.9 Å². The molecule has 166 valence electrons. The molecule has 0 radical (unpaired) electrons. The van der Waals surface area contributed by atoms with Crippen LogP contribution in [0.25, 0.3) is 0 Å². The molecule has 0 aliphatic carbocycles. The topological polar surface area (TPSA) is 84.9 Å². The normalized spacial score (nSPS) is 12.8. The van der Waals surface area contributed by atoms with E-state index in [2.05, 4.69) is 5.32 Å². The molecule has 0 aromatic heterocycles. The number of para-hydroxylation sites is 1. The van der Waals surface area contributed by atoms with E-state index < -0.39 is 15.9 Å². The van der Waals surface area contributed by atoms with E-state index in [4.69, 9.17) is 9.47 Å². The number of fused-ring (bicyclic) bond motifs is 1. The predicted octanol–water partition coefficient (Wildman–Crippen LogP) is 3.91. The van der Waals surface area contributed by atoms with Crippen LogP contribution in [0.3, 0.4) is 0 Å². The van der Waals surface area contributed by atoms with E-state index >= 15 is 0 Å². The lowest BCUT2D eigenvalue weighted by Gasteiger charge is -2.25. The van der Waals surface area contributed by atoms with Gasteiger partial charge < -0.3 is 14.8 Å². The van der Waals surface area contributed by atoms with Crippen LogP contribution in [-0.2, 0) is 14.8 Å². The average Bonchev–Trinajstić information content (AvgIpc) is 2.78. The number of carbonyl (C=O) groups excluding carboxylic acids is 1. The summed E-state index contributed by atoms with van der Waals surface area (Å²) < 4.78 is 39.4. The zero-order chi connectivity index (χ0) is 22.7. The summed E-state index contributed by atoms with van der Waals surface area (Å²) >= 11 is 0. The van der Waals surface area contributed by atoms with E-state index in [9.17, 15) is 13.2 Å². The summed E-state index contributed by atoms with van der Waals surface area (Å²) in [5.74, 6) is 0.419. The number of hydrogen-bond acceptors (Lipinski definition) is 5. The Hall–Kier alpha value is -3.52. The second kappa shape index (κ2) is 8.92. The van der Waals surface area contributed by atoms with Gasteiger partial charge in [0.15, 0.2) is 11.5 Å². The van der Waals surface area contributed by atoms with Gasteiger partial charge >= 0.3 is 0 Å². The molecular weight excluding hydrogens is 428 g/mol. The van der Waals surface area contributed by atoms with E-state index in [1.54, 1.807) is 30.3 Å². The average molecular weight is 453 g/mol. The molecule has 0 saturated heterocycles. The number of anilines is 2. The van der Waals surface area contributed by atoms with Gasteiger partial charge in [-0.2, -0.15) is 0 Å². The maximum absolute atomic E-state index is 13.6. The number of ether oxygens (including phenoxy) is 2. The van der Waals surface area contributed by atoms with Crippen molar-refractivity contribution in [1.29, 1.82) is 0 Å². The van der Waals surface area contributed by atoms with Gasteiger partial charge in [0, 0.05) is 11.8 Å². The molecule has 7 nitrogen and oxygen atoms in total. The summed E-state index contributed by atoms with van der Waals surface area (Å²) in [5.41, 5.74) is 2.81. The molecule has 1 heterocycles. The number of amides is 1. The third kappa shape index (κ3) is 4.55. The molecule has 1 aliphatic heterocycles. The van der Waals surface area contributed by atoms with Gasteiger partial charge in [0.25, 0.3) is 10.0 Å². The number of sulfonamides is 1. The van der Waals surface area contributed by atoms with Crippen LogP contribution in [0.4, 0.5) is 11.4 Å². The molecule has 8 heteroatoms. The Morgan fingerprint density at radius 1 is 0.938 bits per heavy atom. The molecule has 0 bridgehead atoms. The van der Waals surface area contributed by atoms with Gasteiger partial charge in [-0.05, 0) is 55.3 Å². The lowest BCUT2D eigenvalue weighted by atomic mass is 10.2. The van der Waals surface area contributed by atoms with Crippen molar-refractivity contribution in [2.45, 2.75) is 18.7 Å². The molecule has 0 atom stereocenters. The summed E-state index contributed by atoms with van der Waals surface area (Å²) in [5, 5.41) is 2.81. The summed E-state index contributed by atoms with van der Waals surface area (Å²) in [6, 6.07) is 18.8. The third-order valence-corrected chi connectivity index (χ3v) is 6.87. The summed E-state index contributed by atoms with van der Waals surface area (Å²) in [6.45, 7) is 4.12. The van der Waals surface area contributed by atoms with Gasteiger partial charge in [0.05, 0.1) is 10.6 Å². The van der Waals surface area contributed by atoms with Crippen molar-refractivity contribution in [2.75, 3.05) is 29.4 Å². The van der Waals surface area contributed by atoms with Crippen LogP contribution >= 0.6 is 0 Å². The standard InChI is InChI=1S/C24H24N2O5S/c1-17-6-5-8-19(14-17)26(16-24(27)25-21-9-4-3-7-18(21)2)32(28,29)20-10-11-22-23(15-20)31-13-12-30-22/h3-11,14-15H,12-13,16H2,1-2H3,(H,25,27). The molecule has 0 spiro atoms. The van der Waals surface area contributed by atoms with Crippen molar-refractivity contribution < 1.29 is 22.7 Å². The van der Waals surface area contributed by atoms with Crippen molar-refractivity contribution in [1.82, 2.24) is 0 Å². The minimum Gasteiger partial charge on any atom is -0.486 e. The molecule has 0 unspecified atom stereocenters. The van der Waals surface area contributed by atoms with Gasteiger partial charge in [-0.3, -0.25) is 9.10 Å². The fourth-order valence-corrected chi connectivity index (χ4v) is 4.87. The molecule has 3 aromatic rings. The van der Waals surface area contributed by atoms with Crippen LogP contribution < -0.4 is 19.1 Å². The van der Waals surface area contributed by atoms with Crippen LogP contribution in [0, 0.1) is 13.8 Å². The van der Waals surface area contributed by atoms with Gasteiger partial charge in [0.1, 0.15) is 19.8 Å². The highest BCUT2D eigenvalue weighted by Crippen LogP contribution is 2.34. The van der Waals surface area contributed by atoms with Gasteiger partial charge in [-0.25, -0.2) is 8.42 Å². The quantitative estimate of drug-likeness (QED) is 0.613. The minimum atomic E-state index is -4.06. The van der Waals surface area contributed by atoms with Gasteiger partial charge in [-0.1, -0.05) is 30.3 Å². The fraction of sp³-hybridized carbons (Fsp3) is 0.208. The maximum Gasteiger partial charge on any atom is 0.264 e. The Bertz CT molecular complexity index is 1260. The van der Waals surface area contributed by atoms with E-state index in [0.29, 0.717) is 36.1 Å². The SMILES string of the molecule is Cc1cccc(N(CC(=O)Nc2ccccc2C)S(=O)(=O)c2ccc3c(c2)OCCO3)c1. The van der Waals surface area contributed by atoms with E-state index in [-0.39, 0.29) is 11.4 Å². The molecule has 1 amide bonds. The van der Waals surface area contributed by atoms with Crippen LogP contribution in [0.5, 0.6) is 11.5 Å². The number of nitrogens with one attached hydrogen (secondary N) is 1. The molecule has 4 rings (SSSR count). The van der Waals surface area contributed by atoms with Gasteiger partial charge in [0.2, 0.25) is 5.91 Å². The van der Waals surface area contributed by atoms with Crippen molar-refractivity contribution >= 4 is 27.3 Å². The largest absolute Gasteiger partial charge is 0.486 e. The highest BCUT2D eigenvalue weighted by atomic mass is 32.2. The van der Waals surface area contributed by atoms with E-state index in [1.165, 1.54) is 12.1 Å². The number of hydrogen-bond donors (Lipinski definition) is 1. The number of nitrogens with zero attached hydrogens (tertiary/aromatic N) is 1. The Balaban J connectivity index is 1.69. The number of benzene rings is 3. The minimum absolute atomic E-state index is 0.0203. The Morgan fingerprint density at radius 3 is 2.44 bits per heavy atom. The molecule has 3 aromatic carbocycles. The molecule has 32 heavy (non-hydrogen) atoms. The summed E-state index contributed by atoms with van der Waals surface area (Å²) in [7, 11) is -4.06. The van der Waals surface area contributed by atoms with Crippen LogP contribution in [-0.4, -0.2) is 34.1 Å². The lowest BCUT2D eigenvalue weighted by molar-refractivity contribution is -0.114. The first-order valence-electron chi connectivity index (χ1n) is 10.2. The first-order valence-corrected chi connectivity index (χ1v) is 11.6. The molecule has 1 aliphatic rings. The van der Waals surface area contributed by atoms with Crippen LogP contribution in [0.15, 0.2) is 71.6 Å². The second-order valence-corrected chi connectivity index (χ2v) is 9.38. The maximum atomic E-state index is 13.6. The molecule has 1 N–H and O–H groups in total. The summed E-state index contributed by atoms with van der Waals surface area (Å²) in [4.78, 5) is 12.9. The smallest absolute Gasteiger partial charge is 0.264 e. The Kier molecular flexibility index (Phi) is 6.05. The first-order chi connectivity index (χ1) is 15.3. The summed E-state index contributed by atoms with van der Waals surface area (Å²) in [6.07, 6.45) is 0.